The predicted molar refractivity (Wildman–Crippen MR) is 121 cm³/mol. The second-order valence-corrected chi connectivity index (χ2v) is 8.40. The zero-order chi connectivity index (χ0) is 22.0. The summed E-state index contributed by atoms with van der Waals surface area (Å²) in [7, 11) is 3.22. The fraction of sp³-hybridized carbons (Fsp3) is 0.360. The van der Waals surface area contributed by atoms with Crippen molar-refractivity contribution in [2.45, 2.75) is 20.3 Å². The smallest absolute Gasteiger partial charge is 0.275 e. The maximum atomic E-state index is 13.6. The number of rotatable bonds is 5. The van der Waals surface area contributed by atoms with E-state index in [-0.39, 0.29) is 5.91 Å². The van der Waals surface area contributed by atoms with E-state index in [0.29, 0.717) is 29.0 Å². The quantitative estimate of drug-likeness (QED) is 0.603. The van der Waals surface area contributed by atoms with Gasteiger partial charge < -0.3 is 14.4 Å². The van der Waals surface area contributed by atoms with Gasteiger partial charge in [-0.15, -0.1) is 0 Å². The largest absolute Gasteiger partial charge is 0.493 e. The molecule has 31 heavy (non-hydrogen) atoms. The Kier molecular flexibility index (Phi) is 5.98. The normalized spacial score (nSPS) is 18.6. The number of carbonyl (C=O) groups excluding carboxylic acids is 1. The second kappa shape index (κ2) is 8.84. The Morgan fingerprint density at radius 3 is 2.29 bits per heavy atom. The van der Waals surface area contributed by atoms with Crippen LogP contribution >= 0.6 is 0 Å². The number of nitrogens with zero attached hydrogens (tertiary/aromatic N) is 3. The highest BCUT2D eigenvalue weighted by Gasteiger charge is 2.30. The molecule has 1 saturated heterocycles. The topological polar surface area (TPSA) is 56.6 Å². The van der Waals surface area contributed by atoms with Crippen molar-refractivity contribution in [1.82, 2.24) is 14.7 Å². The first-order valence-corrected chi connectivity index (χ1v) is 10.7. The SMILES string of the molecule is COc1ccc(-c2cn(-c3ccccc3)nc2C(=O)N2CC(C)CC(C)C2)cc1OC. The molecule has 3 aromatic rings. The van der Waals surface area contributed by atoms with Gasteiger partial charge in [0.15, 0.2) is 17.2 Å². The summed E-state index contributed by atoms with van der Waals surface area (Å²) in [6.07, 6.45) is 3.06. The van der Waals surface area contributed by atoms with E-state index in [1.165, 1.54) is 0 Å². The minimum Gasteiger partial charge on any atom is -0.493 e. The number of hydrogen-bond donors (Lipinski definition) is 0. The van der Waals surface area contributed by atoms with Crippen molar-refractivity contribution in [3.63, 3.8) is 0 Å². The Balaban J connectivity index is 1.80. The molecule has 2 heterocycles. The number of hydrogen-bond acceptors (Lipinski definition) is 4. The number of amides is 1. The molecule has 0 spiro atoms. The molecule has 0 saturated carbocycles. The van der Waals surface area contributed by atoms with Gasteiger partial charge >= 0.3 is 0 Å². The molecule has 1 aliphatic rings. The van der Waals surface area contributed by atoms with Crippen molar-refractivity contribution in [2.24, 2.45) is 11.8 Å². The van der Waals surface area contributed by atoms with Gasteiger partial charge in [-0.3, -0.25) is 4.79 Å². The first-order chi connectivity index (χ1) is 15.0. The number of piperidine rings is 1. The third-order valence-electron chi connectivity index (χ3n) is 5.79. The molecule has 2 atom stereocenters. The lowest BCUT2D eigenvalue weighted by molar-refractivity contribution is 0.0617. The number of para-hydroxylation sites is 1. The fourth-order valence-corrected chi connectivity index (χ4v) is 4.44. The average Bonchev–Trinajstić information content (AvgIpc) is 3.23. The van der Waals surface area contributed by atoms with Crippen LogP contribution in [-0.2, 0) is 0 Å². The standard InChI is InChI=1S/C25H29N3O3/c1-17-12-18(2)15-27(14-17)25(29)24-21(16-28(26-24)20-8-6-5-7-9-20)19-10-11-22(30-3)23(13-19)31-4/h5-11,13,16-18H,12,14-15H2,1-4H3. The molecule has 6 heteroatoms. The third kappa shape index (κ3) is 4.29. The summed E-state index contributed by atoms with van der Waals surface area (Å²) in [5, 5.41) is 4.73. The van der Waals surface area contributed by atoms with Crippen LogP contribution in [0.3, 0.4) is 0 Å². The summed E-state index contributed by atoms with van der Waals surface area (Å²) in [5.74, 6) is 2.19. The minimum absolute atomic E-state index is 0.0298. The average molecular weight is 420 g/mol. The van der Waals surface area contributed by atoms with Gasteiger partial charge in [0.2, 0.25) is 0 Å². The Bertz CT molecular complexity index is 1050. The molecule has 0 radical (unpaired) electrons. The predicted octanol–water partition coefficient (Wildman–Crippen LogP) is 4.67. The molecule has 1 aliphatic heterocycles. The van der Waals surface area contributed by atoms with Gasteiger partial charge in [-0.2, -0.15) is 5.10 Å². The molecule has 2 aromatic carbocycles. The molecule has 162 valence electrons. The molecule has 4 rings (SSSR count). The second-order valence-electron chi connectivity index (χ2n) is 8.40. The monoisotopic (exact) mass is 419 g/mol. The van der Waals surface area contributed by atoms with E-state index in [1.807, 2.05) is 59.6 Å². The number of benzene rings is 2. The van der Waals surface area contributed by atoms with Crippen molar-refractivity contribution in [3.05, 3.63) is 60.4 Å². The highest BCUT2D eigenvalue weighted by Crippen LogP contribution is 2.35. The van der Waals surface area contributed by atoms with Crippen LogP contribution in [0.4, 0.5) is 0 Å². The van der Waals surface area contributed by atoms with Gasteiger partial charge in [-0.25, -0.2) is 4.68 Å². The van der Waals surface area contributed by atoms with Gasteiger partial charge in [0.1, 0.15) is 0 Å². The van der Waals surface area contributed by atoms with Crippen molar-refractivity contribution < 1.29 is 14.3 Å². The lowest BCUT2D eigenvalue weighted by atomic mass is 9.91. The zero-order valence-corrected chi connectivity index (χ0v) is 18.5. The molecule has 1 fully saturated rings. The van der Waals surface area contributed by atoms with Crippen LogP contribution in [0.2, 0.25) is 0 Å². The van der Waals surface area contributed by atoms with Crippen molar-refractivity contribution in [2.75, 3.05) is 27.3 Å². The Morgan fingerprint density at radius 2 is 1.65 bits per heavy atom. The molecule has 0 bridgehead atoms. The molecule has 6 nitrogen and oxygen atoms in total. The van der Waals surface area contributed by atoms with Gasteiger partial charge in [-0.05, 0) is 48.1 Å². The maximum absolute atomic E-state index is 13.6. The van der Waals surface area contributed by atoms with E-state index in [1.54, 1.807) is 18.9 Å². The molecular formula is C25H29N3O3. The Labute approximate surface area is 183 Å². The van der Waals surface area contributed by atoms with E-state index in [9.17, 15) is 4.79 Å². The van der Waals surface area contributed by atoms with Crippen LogP contribution < -0.4 is 9.47 Å². The zero-order valence-electron chi connectivity index (χ0n) is 18.5. The minimum atomic E-state index is -0.0298. The van der Waals surface area contributed by atoms with E-state index in [4.69, 9.17) is 14.6 Å². The van der Waals surface area contributed by atoms with Gasteiger partial charge in [0, 0.05) is 24.8 Å². The van der Waals surface area contributed by atoms with Crippen LogP contribution in [0, 0.1) is 11.8 Å². The lowest BCUT2D eigenvalue weighted by Crippen LogP contribution is -2.42. The van der Waals surface area contributed by atoms with Crippen LogP contribution in [-0.4, -0.2) is 47.9 Å². The summed E-state index contributed by atoms with van der Waals surface area (Å²) in [6.45, 7) is 5.92. The summed E-state index contributed by atoms with van der Waals surface area (Å²) in [4.78, 5) is 15.5. The molecule has 0 N–H and O–H groups in total. The van der Waals surface area contributed by atoms with Crippen molar-refractivity contribution in [1.29, 1.82) is 0 Å². The van der Waals surface area contributed by atoms with Gasteiger partial charge in [0.25, 0.3) is 5.91 Å². The van der Waals surface area contributed by atoms with Gasteiger partial charge in [0.05, 0.1) is 19.9 Å². The van der Waals surface area contributed by atoms with Crippen molar-refractivity contribution >= 4 is 5.91 Å². The third-order valence-corrected chi connectivity index (χ3v) is 5.79. The molecule has 1 amide bonds. The van der Waals surface area contributed by atoms with Crippen LogP contribution in [0.1, 0.15) is 30.8 Å². The van der Waals surface area contributed by atoms with E-state index >= 15 is 0 Å². The summed E-state index contributed by atoms with van der Waals surface area (Å²) >= 11 is 0. The van der Waals surface area contributed by atoms with Crippen molar-refractivity contribution in [3.8, 4) is 28.3 Å². The summed E-state index contributed by atoms with van der Waals surface area (Å²) in [6, 6.07) is 15.5. The van der Waals surface area contributed by atoms with E-state index in [2.05, 4.69) is 13.8 Å². The Hall–Kier alpha value is -3.28. The highest BCUT2D eigenvalue weighted by molar-refractivity contribution is 5.99. The summed E-state index contributed by atoms with van der Waals surface area (Å²) < 4.78 is 12.6. The highest BCUT2D eigenvalue weighted by atomic mass is 16.5. The van der Waals surface area contributed by atoms with Crippen LogP contribution in [0.5, 0.6) is 11.5 Å². The molecule has 2 unspecified atom stereocenters. The number of carbonyl (C=O) groups is 1. The number of aromatic nitrogens is 2. The lowest BCUT2D eigenvalue weighted by Gasteiger charge is -2.34. The molecular weight excluding hydrogens is 390 g/mol. The first-order valence-electron chi connectivity index (χ1n) is 10.7. The molecule has 0 aliphatic carbocycles. The summed E-state index contributed by atoms with van der Waals surface area (Å²) in [5.41, 5.74) is 3.00. The number of likely N-dealkylation sites (tertiary alicyclic amines) is 1. The Morgan fingerprint density at radius 1 is 0.968 bits per heavy atom. The maximum Gasteiger partial charge on any atom is 0.275 e. The van der Waals surface area contributed by atoms with Crippen LogP contribution in [0.25, 0.3) is 16.8 Å². The number of methoxy groups -OCH3 is 2. The van der Waals surface area contributed by atoms with E-state index < -0.39 is 0 Å². The van der Waals surface area contributed by atoms with E-state index in [0.717, 1.165) is 36.3 Å². The molecule has 1 aromatic heterocycles. The van der Waals surface area contributed by atoms with Crippen LogP contribution in [0.15, 0.2) is 54.7 Å². The number of ether oxygens (including phenoxy) is 2. The first kappa shape index (κ1) is 21.0. The fourth-order valence-electron chi connectivity index (χ4n) is 4.44. The van der Waals surface area contributed by atoms with Gasteiger partial charge in [-0.1, -0.05) is 38.1 Å².